The van der Waals surface area contributed by atoms with Crippen molar-refractivity contribution < 1.29 is 13.2 Å². The lowest BCUT2D eigenvalue weighted by Crippen LogP contribution is -2.31. The fourth-order valence-electron chi connectivity index (χ4n) is 3.34. The first-order valence-corrected chi connectivity index (χ1v) is 9.75. The molecule has 1 aliphatic rings. The van der Waals surface area contributed by atoms with E-state index in [0.717, 1.165) is 11.1 Å². The third-order valence-electron chi connectivity index (χ3n) is 4.75. The lowest BCUT2D eigenvalue weighted by atomic mass is 9.99. The van der Waals surface area contributed by atoms with E-state index in [-0.39, 0.29) is 12.0 Å². The molecule has 2 aromatic rings. The Hall–Kier alpha value is -2.11. The topological polar surface area (TPSA) is 46.6 Å². The second kappa shape index (κ2) is 7.02. The summed E-state index contributed by atoms with van der Waals surface area (Å²) >= 11 is 0. The Balaban J connectivity index is 2.05. The lowest BCUT2D eigenvalue weighted by molar-refractivity contribution is 0.366. The van der Waals surface area contributed by atoms with Gasteiger partial charge in [0.2, 0.25) is 10.0 Å². The predicted octanol–water partition coefficient (Wildman–Crippen LogP) is 3.94. The van der Waals surface area contributed by atoms with E-state index in [2.05, 4.69) is 6.58 Å². The Kier molecular flexibility index (Phi) is 4.97. The van der Waals surface area contributed by atoms with E-state index in [1.165, 1.54) is 0 Å². The molecule has 1 aliphatic heterocycles. The molecule has 0 aliphatic carbocycles. The molecule has 4 nitrogen and oxygen atoms in total. The van der Waals surface area contributed by atoms with Crippen molar-refractivity contribution in [3.05, 3.63) is 72.3 Å². The second-order valence-corrected chi connectivity index (χ2v) is 8.27. The summed E-state index contributed by atoms with van der Waals surface area (Å²) in [5, 5.41) is 0. The number of para-hydroxylation sites is 1. The van der Waals surface area contributed by atoms with Crippen LogP contribution in [0.25, 0.3) is 0 Å². The van der Waals surface area contributed by atoms with Gasteiger partial charge >= 0.3 is 0 Å². The fourth-order valence-corrected chi connectivity index (χ4v) is 5.02. The first-order chi connectivity index (χ1) is 12.0. The molecule has 0 spiro atoms. The van der Waals surface area contributed by atoms with Gasteiger partial charge in [-0.15, -0.1) is 6.58 Å². The molecule has 1 heterocycles. The molecule has 25 heavy (non-hydrogen) atoms. The smallest absolute Gasteiger partial charge is 0.243 e. The van der Waals surface area contributed by atoms with Gasteiger partial charge in [-0.05, 0) is 37.5 Å². The molecule has 2 aromatic carbocycles. The van der Waals surface area contributed by atoms with Crippen LogP contribution in [0.1, 0.15) is 23.6 Å². The normalized spacial score (nSPS) is 21.2. The van der Waals surface area contributed by atoms with Crippen molar-refractivity contribution in [3.63, 3.8) is 0 Å². The van der Waals surface area contributed by atoms with Crippen molar-refractivity contribution in [1.82, 2.24) is 4.31 Å². The highest BCUT2D eigenvalue weighted by Gasteiger charge is 2.41. The van der Waals surface area contributed by atoms with E-state index in [0.29, 0.717) is 23.6 Å². The quantitative estimate of drug-likeness (QED) is 0.762. The number of methoxy groups -OCH3 is 1. The molecule has 0 saturated carbocycles. The van der Waals surface area contributed by atoms with Gasteiger partial charge in [0.1, 0.15) is 5.75 Å². The van der Waals surface area contributed by atoms with E-state index >= 15 is 0 Å². The number of rotatable bonds is 5. The van der Waals surface area contributed by atoms with E-state index in [4.69, 9.17) is 4.74 Å². The van der Waals surface area contributed by atoms with Crippen molar-refractivity contribution in [2.75, 3.05) is 13.7 Å². The van der Waals surface area contributed by atoms with E-state index in [1.807, 2.05) is 49.4 Å². The summed E-state index contributed by atoms with van der Waals surface area (Å²) in [5.41, 5.74) is 1.93. The van der Waals surface area contributed by atoms with Crippen LogP contribution < -0.4 is 4.74 Å². The van der Waals surface area contributed by atoms with Crippen LogP contribution in [0.15, 0.2) is 66.1 Å². The SMILES string of the molecule is C=CC1CC(c2ccccc2OC)N(S(=O)(=O)c2ccc(C)cc2)C1. The third-order valence-corrected chi connectivity index (χ3v) is 6.64. The highest BCUT2D eigenvalue weighted by molar-refractivity contribution is 7.89. The molecule has 1 saturated heterocycles. The van der Waals surface area contributed by atoms with Crippen molar-refractivity contribution in [1.29, 1.82) is 0 Å². The van der Waals surface area contributed by atoms with Crippen molar-refractivity contribution in [3.8, 4) is 5.75 Å². The van der Waals surface area contributed by atoms with Gasteiger partial charge in [-0.25, -0.2) is 8.42 Å². The summed E-state index contributed by atoms with van der Waals surface area (Å²) < 4.78 is 33.5. The number of sulfonamides is 1. The zero-order valence-electron chi connectivity index (χ0n) is 14.6. The average Bonchev–Trinajstić information content (AvgIpc) is 3.07. The molecule has 0 bridgehead atoms. The van der Waals surface area contributed by atoms with Crippen LogP contribution in [0.5, 0.6) is 5.75 Å². The van der Waals surface area contributed by atoms with E-state index in [9.17, 15) is 8.42 Å². The van der Waals surface area contributed by atoms with Gasteiger partial charge in [-0.2, -0.15) is 4.31 Å². The van der Waals surface area contributed by atoms with Gasteiger partial charge in [0.15, 0.2) is 0 Å². The van der Waals surface area contributed by atoms with Gasteiger partial charge in [0.05, 0.1) is 18.0 Å². The number of aryl methyl sites for hydroxylation is 1. The number of hydrogen-bond donors (Lipinski definition) is 0. The summed E-state index contributed by atoms with van der Waals surface area (Å²) in [6.45, 7) is 6.24. The molecular weight excluding hydrogens is 334 g/mol. The molecule has 0 radical (unpaired) electrons. The van der Waals surface area contributed by atoms with Gasteiger partial charge in [-0.1, -0.05) is 42.0 Å². The molecule has 0 amide bonds. The van der Waals surface area contributed by atoms with Crippen LogP contribution in [0, 0.1) is 12.8 Å². The monoisotopic (exact) mass is 357 g/mol. The first-order valence-electron chi connectivity index (χ1n) is 8.31. The number of hydrogen-bond acceptors (Lipinski definition) is 3. The van der Waals surface area contributed by atoms with Gasteiger partial charge in [-0.3, -0.25) is 0 Å². The maximum absolute atomic E-state index is 13.2. The highest BCUT2D eigenvalue weighted by atomic mass is 32.2. The first kappa shape index (κ1) is 17.7. The van der Waals surface area contributed by atoms with Crippen LogP contribution in [0.3, 0.4) is 0 Å². The molecule has 2 unspecified atom stereocenters. The summed E-state index contributed by atoms with van der Waals surface area (Å²) in [6.07, 6.45) is 2.54. The molecule has 5 heteroatoms. The maximum Gasteiger partial charge on any atom is 0.243 e. The van der Waals surface area contributed by atoms with Crippen LogP contribution in [-0.4, -0.2) is 26.4 Å². The Labute approximate surface area is 149 Å². The maximum atomic E-state index is 13.2. The van der Waals surface area contributed by atoms with Crippen LogP contribution in [0.2, 0.25) is 0 Å². The highest BCUT2D eigenvalue weighted by Crippen LogP contribution is 2.42. The van der Waals surface area contributed by atoms with Crippen LogP contribution in [0.4, 0.5) is 0 Å². The standard InChI is InChI=1S/C20H23NO3S/c1-4-16-13-19(18-7-5-6-8-20(18)24-3)21(14-16)25(22,23)17-11-9-15(2)10-12-17/h4-12,16,19H,1,13-14H2,2-3H3. The Morgan fingerprint density at radius 1 is 1.16 bits per heavy atom. The summed E-state index contributed by atoms with van der Waals surface area (Å²) in [5.74, 6) is 0.830. The lowest BCUT2D eigenvalue weighted by Gasteiger charge is -2.25. The van der Waals surface area contributed by atoms with Crippen molar-refractivity contribution >= 4 is 10.0 Å². The van der Waals surface area contributed by atoms with Gasteiger partial charge in [0, 0.05) is 12.1 Å². The number of nitrogens with zero attached hydrogens (tertiary/aromatic N) is 1. The summed E-state index contributed by atoms with van der Waals surface area (Å²) in [7, 11) is -1.98. The van der Waals surface area contributed by atoms with Crippen molar-refractivity contribution in [2.24, 2.45) is 5.92 Å². The third kappa shape index (κ3) is 3.34. The summed E-state index contributed by atoms with van der Waals surface area (Å²) in [4.78, 5) is 0.322. The largest absolute Gasteiger partial charge is 0.496 e. The van der Waals surface area contributed by atoms with Crippen LogP contribution >= 0.6 is 0 Å². The molecule has 0 N–H and O–H groups in total. The Morgan fingerprint density at radius 3 is 2.48 bits per heavy atom. The molecule has 0 aromatic heterocycles. The zero-order valence-corrected chi connectivity index (χ0v) is 15.4. The molecule has 3 rings (SSSR count). The van der Waals surface area contributed by atoms with Gasteiger partial charge in [0.25, 0.3) is 0 Å². The number of ether oxygens (including phenoxy) is 1. The summed E-state index contributed by atoms with van der Waals surface area (Å²) in [6, 6.07) is 14.3. The molecule has 2 atom stereocenters. The van der Waals surface area contributed by atoms with Crippen LogP contribution in [-0.2, 0) is 10.0 Å². The number of benzene rings is 2. The molecular formula is C20H23NO3S. The molecule has 1 fully saturated rings. The second-order valence-electron chi connectivity index (χ2n) is 6.38. The van der Waals surface area contributed by atoms with Gasteiger partial charge < -0.3 is 4.74 Å². The van der Waals surface area contributed by atoms with E-state index in [1.54, 1.807) is 23.5 Å². The zero-order chi connectivity index (χ0) is 18.0. The minimum atomic E-state index is -3.59. The average molecular weight is 357 g/mol. The Morgan fingerprint density at radius 2 is 1.84 bits per heavy atom. The molecule has 132 valence electrons. The Bertz CT molecular complexity index is 859. The minimum Gasteiger partial charge on any atom is -0.496 e. The fraction of sp³-hybridized carbons (Fsp3) is 0.300. The van der Waals surface area contributed by atoms with E-state index < -0.39 is 10.0 Å². The van der Waals surface area contributed by atoms with Crippen molar-refractivity contribution in [2.45, 2.75) is 24.3 Å². The minimum absolute atomic E-state index is 0.120. The predicted molar refractivity (Wildman–Crippen MR) is 99.1 cm³/mol.